The van der Waals surface area contributed by atoms with Gasteiger partial charge in [0.05, 0.1) is 11.5 Å². The lowest BCUT2D eigenvalue weighted by molar-refractivity contribution is -0.155. The molecule has 0 bridgehead atoms. The van der Waals surface area contributed by atoms with Gasteiger partial charge in [0.15, 0.2) is 0 Å². The van der Waals surface area contributed by atoms with Crippen LogP contribution >= 0.6 is 0 Å². The number of hydrogen-bond acceptors (Lipinski definition) is 2. The molecule has 0 amide bonds. The molecular formula is C12H20O3. The minimum absolute atomic E-state index is 0.208. The minimum atomic E-state index is -0.664. The van der Waals surface area contributed by atoms with Crippen LogP contribution in [0.15, 0.2) is 0 Å². The zero-order chi connectivity index (χ0) is 11.1. The Bertz CT molecular complexity index is 260. The van der Waals surface area contributed by atoms with Crippen molar-refractivity contribution in [1.82, 2.24) is 0 Å². The van der Waals surface area contributed by atoms with Gasteiger partial charge in [-0.3, -0.25) is 4.79 Å². The fourth-order valence-electron chi connectivity index (χ4n) is 3.57. The quantitative estimate of drug-likeness (QED) is 0.699. The van der Waals surface area contributed by atoms with Crippen LogP contribution in [0.3, 0.4) is 0 Å². The topological polar surface area (TPSA) is 57.5 Å². The Morgan fingerprint density at radius 1 is 1.27 bits per heavy atom. The van der Waals surface area contributed by atoms with Gasteiger partial charge in [0.2, 0.25) is 0 Å². The number of fused-ring (bicyclic) bond motifs is 1. The monoisotopic (exact) mass is 212 g/mol. The van der Waals surface area contributed by atoms with Crippen LogP contribution in [0, 0.1) is 17.8 Å². The molecule has 15 heavy (non-hydrogen) atoms. The number of carboxylic acid groups (broad SMARTS) is 1. The second-order valence-electron chi connectivity index (χ2n) is 5.40. The van der Waals surface area contributed by atoms with Crippen LogP contribution in [-0.4, -0.2) is 21.8 Å². The Balaban J connectivity index is 2.19. The van der Waals surface area contributed by atoms with Crippen LogP contribution in [-0.2, 0) is 4.79 Å². The zero-order valence-electron chi connectivity index (χ0n) is 9.28. The SMILES string of the molecule is CC1(O)CCC(C(=O)O)[C@H]2CCCC[C@@H]21. The molecule has 3 heteroatoms. The van der Waals surface area contributed by atoms with Crippen molar-refractivity contribution in [3.05, 3.63) is 0 Å². The maximum atomic E-state index is 11.1. The van der Waals surface area contributed by atoms with E-state index in [2.05, 4.69) is 0 Å². The molecule has 4 atom stereocenters. The van der Waals surface area contributed by atoms with Gasteiger partial charge in [-0.05, 0) is 44.4 Å². The highest BCUT2D eigenvalue weighted by Gasteiger charge is 2.48. The van der Waals surface area contributed by atoms with E-state index in [1.165, 1.54) is 0 Å². The molecule has 86 valence electrons. The predicted molar refractivity (Wildman–Crippen MR) is 56.4 cm³/mol. The van der Waals surface area contributed by atoms with Gasteiger partial charge in [-0.15, -0.1) is 0 Å². The van der Waals surface area contributed by atoms with E-state index in [0.29, 0.717) is 12.8 Å². The summed E-state index contributed by atoms with van der Waals surface area (Å²) in [4.78, 5) is 11.1. The number of hydrogen-bond donors (Lipinski definition) is 2. The lowest BCUT2D eigenvalue weighted by Crippen LogP contribution is -2.49. The molecule has 2 N–H and O–H groups in total. The minimum Gasteiger partial charge on any atom is -0.481 e. The Morgan fingerprint density at radius 3 is 2.60 bits per heavy atom. The highest BCUT2D eigenvalue weighted by atomic mass is 16.4. The highest BCUT2D eigenvalue weighted by Crippen LogP contribution is 2.48. The van der Waals surface area contributed by atoms with E-state index in [0.717, 1.165) is 25.7 Å². The average molecular weight is 212 g/mol. The van der Waals surface area contributed by atoms with Crippen molar-refractivity contribution in [2.24, 2.45) is 17.8 Å². The van der Waals surface area contributed by atoms with Crippen LogP contribution < -0.4 is 0 Å². The van der Waals surface area contributed by atoms with Crippen molar-refractivity contribution in [3.8, 4) is 0 Å². The number of aliphatic carboxylic acids is 1. The lowest BCUT2D eigenvalue weighted by atomic mass is 9.59. The molecule has 3 nitrogen and oxygen atoms in total. The van der Waals surface area contributed by atoms with Gasteiger partial charge in [0.1, 0.15) is 0 Å². The fourth-order valence-corrected chi connectivity index (χ4v) is 3.57. The second-order valence-corrected chi connectivity index (χ2v) is 5.40. The molecule has 2 unspecified atom stereocenters. The Morgan fingerprint density at radius 2 is 1.93 bits per heavy atom. The van der Waals surface area contributed by atoms with Crippen LogP contribution in [0.25, 0.3) is 0 Å². The normalized spacial score (nSPS) is 45.9. The molecule has 0 radical (unpaired) electrons. The molecule has 0 aromatic heterocycles. The number of carboxylic acids is 1. The summed E-state index contributed by atoms with van der Waals surface area (Å²) in [6, 6.07) is 0. The molecule has 2 aliphatic carbocycles. The number of rotatable bonds is 1. The summed E-state index contributed by atoms with van der Waals surface area (Å²) in [7, 11) is 0. The first-order valence-corrected chi connectivity index (χ1v) is 5.97. The van der Waals surface area contributed by atoms with Crippen LogP contribution in [0.2, 0.25) is 0 Å². The van der Waals surface area contributed by atoms with Crippen molar-refractivity contribution in [2.75, 3.05) is 0 Å². The standard InChI is InChI=1S/C12H20O3/c1-12(15)7-6-9(11(13)14)8-4-2-3-5-10(8)12/h8-10,15H,2-7H2,1H3,(H,13,14)/t8-,9?,10+,12?/m1/s1. The molecule has 0 saturated heterocycles. The molecule has 0 heterocycles. The molecule has 2 aliphatic rings. The fraction of sp³-hybridized carbons (Fsp3) is 0.917. The lowest BCUT2D eigenvalue weighted by Gasteiger charge is -2.48. The van der Waals surface area contributed by atoms with Gasteiger partial charge in [-0.25, -0.2) is 0 Å². The third-order valence-corrected chi connectivity index (χ3v) is 4.41. The average Bonchev–Trinajstić information content (AvgIpc) is 2.17. The maximum absolute atomic E-state index is 11.1. The first-order chi connectivity index (χ1) is 7.02. The van der Waals surface area contributed by atoms with E-state index in [4.69, 9.17) is 5.11 Å². The zero-order valence-corrected chi connectivity index (χ0v) is 9.28. The van der Waals surface area contributed by atoms with Crippen molar-refractivity contribution in [3.63, 3.8) is 0 Å². The van der Waals surface area contributed by atoms with E-state index in [1.807, 2.05) is 6.92 Å². The Hall–Kier alpha value is -0.570. The van der Waals surface area contributed by atoms with E-state index in [1.54, 1.807) is 0 Å². The van der Waals surface area contributed by atoms with Crippen LogP contribution in [0.5, 0.6) is 0 Å². The van der Waals surface area contributed by atoms with Gasteiger partial charge in [-0.2, -0.15) is 0 Å². The van der Waals surface area contributed by atoms with E-state index in [-0.39, 0.29) is 17.8 Å². The number of aliphatic hydroxyl groups is 1. The van der Waals surface area contributed by atoms with Gasteiger partial charge < -0.3 is 10.2 Å². The van der Waals surface area contributed by atoms with Crippen molar-refractivity contribution in [1.29, 1.82) is 0 Å². The first-order valence-electron chi connectivity index (χ1n) is 5.97. The smallest absolute Gasteiger partial charge is 0.306 e. The van der Waals surface area contributed by atoms with E-state index < -0.39 is 11.6 Å². The summed E-state index contributed by atoms with van der Waals surface area (Å²) >= 11 is 0. The van der Waals surface area contributed by atoms with Crippen molar-refractivity contribution >= 4 is 5.97 Å². The Labute approximate surface area is 90.5 Å². The third-order valence-electron chi connectivity index (χ3n) is 4.41. The van der Waals surface area contributed by atoms with E-state index in [9.17, 15) is 9.90 Å². The maximum Gasteiger partial charge on any atom is 0.306 e. The largest absolute Gasteiger partial charge is 0.481 e. The van der Waals surface area contributed by atoms with Gasteiger partial charge in [0, 0.05) is 0 Å². The first kappa shape index (κ1) is 10.9. The summed E-state index contributed by atoms with van der Waals surface area (Å²) in [5.41, 5.74) is -0.628. The molecule has 2 rings (SSSR count). The number of carbonyl (C=O) groups is 1. The summed E-state index contributed by atoms with van der Waals surface area (Å²) in [6.07, 6.45) is 5.54. The van der Waals surface area contributed by atoms with Crippen LogP contribution in [0.1, 0.15) is 45.4 Å². The van der Waals surface area contributed by atoms with Crippen LogP contribution in [0.4, 0.5) is 0 Å². The molecule has 0 aromatic carbocycles. The van der Waals surface area contributed by atoms with Gasteiger partial charge >= 0.3 is 5.97 Å². The van der Waals surface area contributed by atoms with Crippen molar-refractivity contribution in [2.45, 2.75) is 51.0 Å². The molecule has 2 saturated carbocycles. The Kier molecular flexibility index (Phi) is 2.75. The molecule has 0 aromatic rings. The molecular weight excluding hydrogens is 192 g/mol. The third kappa shape index (κ3) is 1.89. The molecule has 0 spiro atoms. The summed E-state index contributed by atoms with van der Waals surface area (Å²) in [5.74, 6) is -0.459. The summed E-state index contributed by atoms with van der Waals surface area (Å²) in [5, 5.41) is 19.4. The molecule has 0 aliphatic heterocycles. The van der Waals surface area contributed by atoms with Gasteiger partial charge in [0.25, 0.3) is 0 Å². The molecule has 2 fully saturated rings. The van der Waals surface area contributed by atoms with Crippen molar-refractivity contribution < 1.29 is 15.0 Å². The summed E-state index contributed by atoms with van der Waals surface area (Å²) < 4.78 is 0. The summed E-state index contributed by atoms with van der Waals surface area (Å²) in [6.45, 7) is 1.88. The second kappa shape index (κ2) is 3.78. The van der Waals surface area contributed by atoms with E-state index >= 15 is 0 Å². The highest BCUT2D eigenvalue weighted by molar-refractivity contribution is 5.70. The van der Waals surface area contributed by atoms with Gasteiger partial charge in [-0.1, -0.05) is 12.8 Å². The predicted octanol–water partition coefficient (Wildman–Crippen LogP) is 2.04.